The van der Waals surface area contributed by atoms with Gasteiger partial charge >= 0.3 is 0 Å². The van der Waals surface area contributed by atoms with Crippen molar-refractivity contribution in [2.75, 3.05) is 13.6 Å². The van der Waals surface area contributed by atoms with E-state index in [0.717, 1.165) is 30.3 Å². The Balaban J connectivity index is 1.83. The van der Waals surface area contributed by atoms with Crippen LogP contribution in [0.5, 0.6) is 0 Å². The fourth-order valence-corrected chi connectivity index (χ4v) is 2.76. The van der Waals surface area contributed by atoms with Gasteiger partial charge in [-0.3, -0.25) is 4.79 Å². The maximum absolute atomic E-state index is 12.0. The highest BCUT2D eigenvalue weighted by atomic mass is 79.9. The first-order valence-corrected chi connectivity index (χ1v) is 7.11. The molecule has 1 amide bonds. The smallest absolute Gasteiger partial charge is 0.225 e. The molecule has 0 spiro atoms. The molecule has 0 atom stereocenters. The van der Waals surface area contributed by atoms with E-state index in [1.165, 1.54) is 5.56 Å². The number of hydrogen-bond acceptors (Lipinski definition) is 2. The molecule has 1 aromatic carbocycles. The van der Waals surface area contributed by atoms with E-state index >= 15 is 0 Å². The van der Waals surface area contributed by atoms with Gasteiger partial charge in [0.1, 0.15) is 0 Å². The molecular formula is C14H19BrN2O. The van der Waals surface area contributed by atoms with Gasteiger partial charge in [-0.25, -0.2) is 0 Å². The van der Waals surface area contributed by atoms with Crippen LogP contribution in [-0.2, 0) is 11.2 Å². The molecule has 0 unspecified atom stereocenters. The van der Waals surface area contributed by atoms with Crippen LogP contribution in [0.2, 0.25) is 0 Å². The Labute approximate surface area is 116 Å². The summed E-state index contributed by atoms with van der Waals surface area (Å²) in [5.41, 5.74) is 6.95. The predicted octanol–water partition coefficient (Wildman–Crippen LogP) is 2.19. The van der Waals surface area contributed by atoms with Gasteiger partial charge in [0.25, 0.3) is 0 Å². The lowest BCUT2D eigenvalue weighted by Gasteiger charge is -2.34. The van der Waals surface area contributed by atoms with E-state index in [4.69, 9.17) is 5.73 Å². The number of likely N-dealkylation sites (N-methyl/N-ethyl adjacent to an activating group) is 1. The number of amides is 1. The Morgan fingerprint density at radius 3 is 2.72 bits per heavy atom. The Morgan fingerprint density at radius 1 is 1.44 bits per heavy atom. The molecule has 1 saturated carbocycles. The highest BCUT2D eigenvalue weighted by Crippen LogP contribution is 2.27. The normalized spacial score (nSPS) is 22.4. The number of nitrogens with zero attached hydrogens (tertiary/aromatic N) is 1. The molecule has 0 saturated heterocycles. The summed E-state index contributed by atoms with van der Waals surface area (Å²) in [5.74, 6) is 0.396. The van der Waals surface area contributed by atoms with Crippen molar-refractivity contribution in [3.05, 3.63) is 34.3 Å². The van der Waals surface area contributed by atoms with E-state index in [2.05, 4.69) is 22.0 Å². The molecule has 0 heterocycles. The fourth-order valence-electron chi connectivity index (χ4n) is 2.27. The van der Waals surface area contributed by atoms with Crippen molar-refractivity contribution in [3.63, 3.8) is 0 Å². The number of rotatable bonds is 4. The maximum atomic E-state index is 12.0. The quantitative estimate of drug-likeness (QED) is 0.926. The van der Waals surface area contributed by atoms with Crippen molar-refractivity contribution >= 4 is 21.8 Å². The highest BCUT2D eigenvalue weighted by molar-refractivity contribution is 9.10. The zero-order valence-electron chi connectivity index (χ0n) is 10.6. The molecular weight excluding hydrogens is 292 g/mol. The standard InChI is InChI=1S/C14H19BrN2O/c1-17(14(18)11-8-12(16)9-11)7-6-10-4-2-3-5-13(10)15/h2-5,11-12H,6-9,16H2,1H3. The Bertz CT molecular complexity index is 430. The molecule has 4 heteroatoms. The number of nitrogens with two attached hydrogens (primary N) is 1. The van der Waals surface area contributed by atoms with Crippen molar-refractivity contribution in [1.29, 1.82) is 0 Å². The van der Waals surface area contributed by atoms with Gasteiger partial charge in [-0.05, 0) is 30.9 Å². The summed E-state index contributed by atoms with van der Waals surface area (Å²) < 4.78 is 1.11. The fraction of sp³-hybridized carbons (Fsp3) is 0.500. The van der Waals surface area contributed by atoms with Gasteiger partial charge < -0.3 is 10.6 Å². The van der Waals surface area contributed by atoms with E-state index in [1.54, 1.807) is 0 Å². The number of carbonyl (C=O) groups excluding carboxylic acids is 1. The van der Waals surface area contributed by atoms with E-state index in [1.807, 2.05) is 30.1 Å². The lowest BCUT2D eigenvalue weighted by Crippen LogP contribution is -2.46. The molecule has 0 aromatic heterocycles. The van der Waals surface area contributed by atoms with Gasteiger partial charge in [0.2, 0.25) is 5.91 Å². The zero-order valence-corrected chi connectivity index (χ0v) is 12.2. The summed E-state index contributed by atoms with van der Waals surface area (Å²) >= 11 is 3.53. The minimum absolute atomic E-state index is 0.157. The van der Waals surface area contributed by atoms with Gasteiger partial charge in [-0.2, -0.15) is 0 Å². The van der Waals surface area contributed by atoms with Gasteiger partial charge in [0, 0.05) is 30.0 Å². The van der Waals surface area contributed by atoms with Crippen LogP contribution >= 0.6 is 15.9 Å². The third-order valence-electron chi connectivity index (χ3n) is 3.57. The van der Waals surface area contributed by atoms with E-state index in [0.29, 0.717) is 0 Å². The molecule has 18 heavy (non-hydrogen) atoms. The number of benzene rings is 1. The monoisotopic (exact) mass is 310 g/mol. The van der Waals surface area contributed by atoms with Crippen LogP contribution < -0.4 is 5.73 Å². The molecule has 0 bridgehead atoms. The van der Waals surface area contributed by atoms with Gasteiger partial charge in [0.15, 0.2) is 0 Å². The van der Waals surface area contributed by atoms with Crippen LogP contribution in [0.25, 0.3) is 0 Å². The molecule has 1 fully saturated rings. The molecule has 2 rings (SSSR count). The third-order valence-corrected chi connectivity index (χ3v) is 4.35. The molecule has 0 aliphatic heterocycles. The van der Waals surface area contributed by atoms with Crippen LogP contribution in [0.4, 0.5) is 0 Å². The molecule has 1 aliphatic carbocycles. The van der Waals surface area contributed by atoms with E-state index in [-0.39, 0.29) is 17.9 Å². The summed E-state index contributed by atoms with van der Waals surface area (Å²) in [7, 11) is 1.88. The number of carbonyl (C=O) groups is 1. The van der Waals surface area contributed by atoms with Gasteiger partial charge in [-0.15, -0.1) is 0 Å². The number of hydrogen-bond donors (Lipinski definition) is 1. The first kappa shape index (κ1) is 13.6. The molecule has 0 radical (unpaired) electrons. The summed E-state index contributed by atoms with van der Waals surface area (Å²) in [6, 6.07) is 8.37. The van der Waals surface area contributed by atoms with Crippen LogP contribution in [0, 0.1) is 5.92 Å². The second-order valence-electron chi connectivity index (χ2n) is 5.03. The first-order chi connectivity index (χ1) is 8.58. The lowest BCUT2D eigenvalue weighted by molar-refractivity contribution is -0.137. The van der Waals surface area contributed by atoms with Crippen LogP contribution in [0.15, 0.2) is 28.7 Å². The molecule has 1 aliphatic rings. The van der Waals surface area contributed by atoms with Crippen molar-refractivity contribution in [2.24, 2.45) is 11.7 Å². The first-order valence-electron chi connectivity index (χ1n) is 6.32. The summed E-state index contributed by atoms with van der Waals surface area (Å²) in [6.45, 7) is 0.757. The van der Waals surface area contributed by atoms with Gasteiger partial charge in [-0.1, -0.05) is 34.1 Å². The topological polar surface area (TPSA) is 46.3 Å². The van der Waals surface area contributed by atoms with Crippen molar-refractivity contribution in [2.45, 2.75) is 25.3 Å². The second-order valence-corrected chi connectivity index (χ2v) is 5.88. The predicted molar refractivity (Wildman–Crippen MR) is 76.2 cm³/mol. The summed E-state index contributed by atoms with van der Waals surface area (Å²) in [6.07, 6.45) is 2.57. The largest absolute Gasteiger partial charge is 0.345 e. The third kappa shape index (κ3) is 3.12. The van der Waals surface area contributed by atoms with Crippen LogP contribution in [0.3, 0.4) is 0 Å². The van der Waals surface area contributed by atoms with E-state index < -0.39 is 0 Å². The van der Waals surface area contributed by atoms with Crippen molar-refractivity contribution < 1.29 is 4.79 Å². The Hall–Kier alpha value is -0.870. The van der Waals surface area contributed by atoms with Crippen molar-refractivity contribution in [3.8, 4) is 0 Å². The lowest BCUT2D eigenvalue weighted by atomic mass is 9.80. The zero-order chi connectivity index (χ0) is 13.1. The minimum atomic E-state index is 0.157. The Morgan fingerprint density at radius 2 is 2.11 bits per heavy atom. The average Bonchev–Trinajstić information content (AvgIpc) is 2.33. The average molecular weight is 311 g/mol. The number of halogens is 1. The molecule has 1 aromatic rings. The molecule has 3 nitrogen and oxygen atoms in total. The highest BCUT2D eigenvalue weighted by Gasteiger charge is 2.33. The maximum Gasteiger partial charge on any atom is 0.225 e. The van der Waals surface area contributed by atoms with Crippen LogP contribution in [0.1, 0.15) is 18.4 Å². The van der Waals surface area contributed by atoms with Crippen molar-refractivity contribution in [1.82, 2.24) is 4.90 Å². The summed E-state index contributed by atoms with van der Waals surface area (Å²) in [4.78, 5) is 13.9. The second kappa shape index (κ2) is 5.85. The molecule has 98 valence electrons. The Kier molecular flexibility index (Phi) is 4.40. The van der Waals surface area contributed by atoms with E-state index in [9.17, 15) is 4.79 Å². The molecule has 2 N–H and O–H groups in total. The minimum Gasteiger partial charge on any atom is -0.345 e. The van der Waals surface area contributed by atoms with Crippen LogP contribution in [-0.4, -0.2) is 30.4 Å². The van der Waals surface area contributed by atoms with Gasteiger partial charge in [0.05, 0.1) is 0 Å². The summed E-state index contributed by atoms with van der Waals surface area (Å²) in [5, 5.41) is 0. The SMILES string of the molecule is CN(CCc1ccccc1Br)C(=O)C1CC(N)C1.